The van der Waals surface area contributed by atoms with Gasteiger partial charge in [0.05, 0.1) is 36.1 Å². The number of carboxylic acids is 1. The summed E-state index contributed by atoms with van der Waals surface area (Å²) in [5.41, 5.74) is 1.81. The summed E-state index contributed by atoms with van der Waals surface area (Å²) >= 11 is 0. The van der Waals surface area contributed by atoms with E-state index in [4.69, 9.17) is 4.42 Å². The highest BCUT2D eigenvalue weighted by Gasteiger charge is 2.36. The number of hydrogen-bond acceptors (Lipinski definition) is 4. The topological polar surface area (TPSA) is 99.4 Å². The molecule has 2 aromatic rings. The van der Waals surface area contributed by atoms with Gasteiger partial charge in [-0.2, -0.15) is 0 Å². The number of aromatic nitrogens is 2. The number of carboxylic acid groups (broad SMARTS) is 1. The van der Waals surface area contributed by atoms with Gasteiger partial charge in [0.1, 0.15) is 12.3 Å². The van der Waals surface area contributed by atoms with Crippen molar-refractivity contribution in [1.82, 2.24) is 14.9 Å². The average molecular weight is 261 g/mol. The molecule has 2 N–H and O–H groups in total. The van der Waals surface area contributed by atoms with Gasteiger partial charge in [0.25, 0.3) is 5.91 Å². The van der Waals surface area contributed by atoms with Crippen LogP contribution in [0.2, 0.25) is 0 Å². The monoisotopic (exact) mass is 261 g/mol. The van der Waals surface area contributed by atoms with E-state index in [1.165, 1.54) is 29.8 Å². The molecule has 0 saturated carbocycles. The second-order valence-electron chi connectivity index (χ2n) is 4.33. The van der Waals surface area contributed by atoms with E-state index in [1.54, 1.807) is 0 Å². The van der Waals surface area contributed by atoms with Crippen LogP contribution >= 0.6 is 0 Å². The van der Waals surface area contributed by atoms with Gasteiger partial charge in [0, 0.05) is 6.42 Å². The van der Waals surface area contributed by atoms with E-state index in [9.17, 15) is 14.7 Å². The summed E-state index contributed by atoms with van der Waals surface area (Å²) in [7, 11) is 0. The Morgan fingerprint density at radius 3 is 3.05 bits per heavy atom. The van der Waals surface area contributed by atoms with Crippen molar-refractivity contribution >= 4 is 11.9 Å². The standard InChI is InChI=1S/C12H11N3O4/c16-11(7-1-2-19-5-7)15-4-9-8(13-6-14-9)3-10(15)12(17)18/h1-2,5-6,10H,3-4H2,(H,13,14)(H,17,18). The van der Waals surface area contributed by atoms with Crippen LogP contribution in [0.25, 0.3) is 0 Å². The van der Waals surface area contributed by atoms with Crippen molar-refractivity contribution in [3.63, 3.8) is 0 Å². The Labute approximate surface area is 107 Å². The molecule has 98 valence electrons. The number of nitrogens with zero attached hydrogens (tertiary/aromatic N) is 2. The number of rotatable bonds is 2. The maximum absolute atomic E-state index is 12.3. The zero-order valence-corrected chi connectivity index (χ0v) is 9.87. The minimum Gasteiger partial charge on any atom is -0.480 e. The lowest BCUT2D eigenvalue weighted by Crippen LogP contribution is -2.48. The molecule has 7 nitrogen and oxygen atoms in total. The van der Waals surface area contributed by atoms with Crippen molar-refractivity contribution in [3.05, 3.63) is 41.9 Å². The van der Waals surface area contributed by atoms with Crippen LogP contribution in [-0.2, 0) is 17.8 Å². The zero-order valence-electron chi connectivity index (χ0n) is 9.87. The Bertz CT molecular complexity index is 617. The number of furan rings is 1. The molecule has 7 heteroatoms. The maximum Gasteiger partial charge on any atom is 0.326 e. The number of nitrogens with one attached hydrogen (secondary N) is 1. The van der Waals surface area contributed by atoms with Gasteiger partial charge >= 0.3 is 5.97 Å². The number of aliphatic carboxylic acids is 1. The van der Waals surface area contributed by atoms with Gasteiger partial charge < -0.3 is 19.4 Å². The van der Waals surface area contributed by atoms with E-state index >= 15 is 0 Å². The van der Waals surface area contributed by atoms with E-state index in [-0.39, 0.29) is 18.9 Å². The number of imidazole rings is 1. The Kier molecular flexibility index (Phi) is 2.59. The number of fused-ring (bicyclic) bond motifs is 1. The van der Waals surface area contributed by atoms with Gasteiger partial charge in [-0.05, 0) is 6.07 Å². The molecule has 1 aliphatic heterocycles. The summed E-state index contributed by atoms with van der Waals surface area (Å²) in [6.07, 6.45) is 4.41. The Balaban J connectivity index is 1.95. The largest absolute Gasteiger partial charge is 0.480 e. The summed E-state index contributed by atoms with van der Waals surface area (Å²) in [6.45, 7) is 0.205. The van der Waals surface area contributed by atoms with Gasteiger partial charge in [-0.3, -0.25) is 4.79 Å². The second-order valence-corrected chi connectivity index (χ2v) is 4.33. The van der Waals surface area contributed by atoms with Gasteiger partial charge in [0.2, 0.25) is 0 Å². The van der Waals surface area contributed by atoms with E-state index in [1.807, 2.05) is 0 Å². The van der Waals surface area contributed by atoms with Crippen molar-refractivity contribution < 1.29 is 19.1 Å². The van der Waals surface area contributed by atoms with E-state index in [0.717, 1.165) is 5.69 Å². The SMILES string of the molecule is O=C(O)C1Cc2nc[nH]c2CN1C(=O)c1ccoc1. The molecule has 19 heavy (non-hydrogen) atoms. The van der Waals surface area contributed by atoms with Crippen molar-refractivity contribution in [1.29, 1.82) is 0 Å². The molecule has 1 atom stereocenters. The lowest BCUT2D eigenvalue weighted by Gasteiger charge is -2.31. The molecule has 0 spiro atoms. The first-order valence-electron chi connectivity index (χ1n) is 5.74. The maximum atomic E-state index is 12.3. The number of H-pyrrole nitrogens is 1. The van der Waals surface area contributed by atoms with E-state index in [0.29, 0.717) is 11.3 Å². The first-order chi connectivity index (χ1) is 9.16. The quantitative estimate of drug-likeness (QED) is 0.827. The highest BCUT2D eigenvalue weighted by Crippen LogP contribution is 2.23. The molecular weight excluding hydrogens is 250 g/mol. The number of carbonyl (C=O) groups excluding carboxylic acids is 1. The lowest BCUT2D eigenvalue weighted by molar-refractivity contribution is -0.142. The number of hydrogen-bond donors (Lipinski definition) is 2. The highest BCUT2D eigenvalue weighted by molar-refractivity contribution is 5.96. The predicted octanol–water partition coefficient (Wildman–Crippen LogP) is 0.654. The van der Waals surface area contributed by atoms with Crippen molar-refractivity contribution in [2.24, 2.45) is 0 Å². The van der Waals surface area contributed by atoms with Gasteiger partial charge in [-0.1, -0.05) is 0 Å². The average Bonchev–Trinajstić information content (AvgIpc) is 3.06. The third-order valence-electron chi connectivity index (χ3n) is 3.21. The molecule has 0 aromatic carbocycles. The summed E-state index contributed by atoms with van der Waals surface area (Å²) in [6, 6.07) is 0.613. The van der Waals surface area contributed by atoms with Crippen LogP contribution in [0.1, 0.15) is 21.7 Å². The van der Waals surface area contributed by atoms with Crippen LogP contribution in [-0.4, -0.2) is 37.9 Å². The summed E-state index contributed by atoms with van der Waals surface area (Å²) in [5.74, 6) is -1.40. The third kappa shape index (κ3) is 1.88. The minimum absolute atomic E-state index is 0.205. The molecule has 0 fully saturated rings. The lowest BCUT2D eigenvalue weighted by atomic mass is 10.0. The fraction of sp³-hybridized carbons (Fsp3) is 0.250. The van der Waals surface area contributed by atoms with Crippen LogP contribution in [0.3, 0.4) is 0 Å². The van der Waals surface area contributed by atoms with Crippen LogP contribution in [0.5, 0.6) is 0 Å². The highest BCUT2D eigenvalue weighted by atomic mass is 16.4. The molecule has 2 aromatic heterocycles. The van der Waals surface area contributed by atoms with Gasteiger partial charge in [0.15, 0.2) is 0 Å². The van der Waals surface area contributed by atoms with Gasteiger partial charge in [-0.15, -0.1) is 0 Å². The predicted molar refractivity (Wildman–Crippen MR) is 62.3 cm³/mol. The van der Waals surface area contributed by atoms with Crippen molar-refractivity contribution in [2.75, 3.05) is 0 Å². The molecule has 3 rings (SSSR count). The van der Waals surface area contributed by atoms with Crippen LogP contribution in [0, 0.1) is 0 Å². The molecule has 0 aliphatic carbocycles. The minimum atomic E-state index is -1.04. The number of aromatic amines is 1. The van der Waals surface area contributed by atoms with Crippen LogP contribution < -0.4 is 0 Å². The fourth-order valence-corrected chi connectivity index (χ4v) is 2.22. The second kappa shape index (κ2) is 4.27. The smallest absolute Gasteiger partial charge is 0.326 e. The Morgan fingerprint density at radius 1 is 1.53 bits per heavy atom. The van der Waals surface area contributed by atoms with Crippen molar-refractivity contribution in [3.8, 4) is 0 Å². The van der Waals surface area contributed by atoms with Crippen molar-refractivity contribution in [2.45, 2.75) is 19.0 Å². The molecular formula is C12H11N3O4. The molecule has 1 aliphatic rings. The fourth-order valence-electron chi connectivity index (χ4n) is 2.22. The molecule has 0 bridgehead atoms. The Morgan fingerprint density at radius 2 is 2.37 bits per heavy atom. The zero-order chi connectivity index (χ0) is 13.4. The molecule has 1 unspecified atom stereocenters. The summed E-state index contributed by atoms with van der Waals surface area (Å²) < 4.78 is 4.86. The van der Waals surface area contributed by atoms with Crippen LogP contribution in [0.4, 0.5) is 0 Å². The first-order valence-corrected chi connectivity index (χ1v) is 5.74. The van der Waals surface area contributed by atoms with E-state index in [2.05, 4.69) is 9.97 Å². The summed E-state index contributed by atoms with van der Waals surface area (Å²) in [4.78, 5) is 31.9. The first kappa shape index (κ1) is 11.5. The summed E-state index contributed by atoms with van der Waals surface area (Å²) in [5, 5.41) is 9.26. The molecule has 0 radical (unpaired) electrons. The number of carbonyl (C=O) groups is 2. The van der Waals surface area contributed by atoms with Gasteiger partial charge in [-0.25, -0.2) is 9.78 Å². The van der Waals surface area contributed by atoms with Crippen LogP contribution in [0.15, 0.2) is 29.3 Å². The molecule has 3 heterocycles. The normalized spacial score (nSPS) is 18.1. The van der Waals surface area contributed by atoms with E-state index < -0.39 is 12.0 Å². The third-order valence-corrected chi connectivity index (χ3v) is 3.21. The number of amides is 1. The Hall–Kier alpha value is -2.57. The molecule has 0 saturated heterocycles. The molecule has 1 amide bonds.